The van der Waals surface area contributed by atoms with Gasteiger partial charge < -0.3 is 30.5 Å². The Morgan fingerprint density at radius 1 is 1.02 bits per heavy atom. The van der Waals surface area contributed by atoms with Crippen molar-refractivity contribution in [3.05, 3.63) is 88.6 Å². The summed E-state index contributed by atoms with van der Waals surface area (Å²) < 4.78 is 5.33. The molecule has 1 aliphatic heterocycles. The summed E-state index contributed by atoms with van der Waals surface area (Å²) in [6.45, 7) is 10.7. The van der Waals surface area contributed by atoms with E-state index in [4.69, 9.17) is 4.74 Å². The number of rotatable bonds is 9. The quantitative estimate of drug-likeness (QED) is 0.217. The molecule has 1 heterocycles. The highest BCUT2D eigenvalue weighted by atomic mass is 16.6. The molecule has 0 aromatic heterocycles. The molecule has 0 saturated carbocycles. The van der Waals surface area contributed by atoms with Gasteiger partial charge in [-0.15, -0.1) is 0 Å². The number of allylic oxidation sites excluding steroid dienone is 9. The maximum atomic E-state index is 12.5. The second-order valence-corrected chi connectivity index (χ2v) is 11.7. The highest BCUT2D eigenvalue weighted by molar-refractivity contribution is 5.99. The SMILES string of the molecule is CC1=C(/C=C/C(C)=C/C=C/C(C)=C/C(=O)Nc2ccc(CC3OC(C(=O)O)C(O)C(O)C3O)cc2)C(C)(C)CCC1. The van der Waals surface area contributed by atoms with Crippen LogP contribution in [0.15, 0.2) is 83.0 Å². The summed E-state index contributed by atoms with van der Waals surface area (Å²) in [5, 5.41) is 42.1. The summed E-state index contributed by atoms with van der Waals surface area (Å²) in [6.07, 6.45) is 7.98. The number of carbonyl (C=O) groups is 2. The van der Waals surface area contributed by atoms with Crippen LogP contribution in [0.3, 0.4) is 0 Å². The molecule has 1 aliphatic carbocycles. The summed E-state index contributed by atoms with van der Waals surface area (Å²) in [5.41, 5.74) is 6.26. The van der Waals surface area contributed by atoms with Crippen molar-refractivity contribution >= 4 is 17.6 Å². The molecular formula is C33H43NO7. The van der Waals surface area contributed by atoms with E-state index in [0.717, 1.165) is 17.6 Å². The molecule has 5 atom stereocenters. The number of aliphatic hydroxyl groups excluding tert-OH is 3. The van der Waals surface area contributed by atoms with Crippen LogP contribution in [-0.2, 0) is 20.7 Å². The van der Waals surface area contributed by atoms with E-state index >= 15 is 0 Å². The second-order valence-electron chi connectivity index (χ2n) is 11.7. The van der Waals surface area contributed by atoms with Gasteiger partial charge in [0.2, 0.25) is 5.91 Å². The Kier molecular flexibility index (Phi) is 11.0. The normalized spacial score (nSPS) is 27.5. The molecule has 5 unspecified atom stereocenters. The number of carboxylic acids is 1. The molecular weight excluding hydrogens is 522 g/mol. The Morgan fingerprint density at radius 3 is 2.34 bits per heavy atom. The van der Waals surface area contributed by atoms with Crippen molar-refractivity contribution in [1.29, 1.82) is 0 Å². The molecule has 2 aliphatic rings. The van der Waals surface area contributed by atoms with Crippen molar-refractivity contribution in [2.75, 3.05) is 5.32 Å². The summed E-state index contributed by atoms with van der Waals surface area (Å²) in [6, 6.07) is 6.79. The Morgan fingerprint density at radius 2 is 1.71 bits per heavy atom. The van der Waals surface area contributed by atoms with Gasteiger partial charge in [-0.1, -0.05) is 67.5 Å². The van der Waals surface area contributed by atoms with Crippen LogP contribution in [0.4, 0.5) is 5.69 Å². The average Bonchev–Trinajstić information content (AvgIpc) is 2.89. The largest absolute Gasteiger partial charge is 0.479 e. The number of hydrogen-bond donors (Lipinski definition) is 5. The van der Waals surface area contributed by atoms with Crippen LogP contribution in [0, 0.1) is 5.41 Å². The lowest BCUT2D eigenvalue weighted by Crippen LogP contribution is -2.60. The van der Waals surface area contributed by atoms with Crippen molar-refractivity contribution in [3.8, 4) is 0 Å². The van der Waals surface area contributed by atoms with Gasteiger partial charge in [-0.3, -0.25) is 4.79 Å². The molecule has 1 saturated heterocycles. The maximum Gasteiger partial charge on any atom is 0.335 e. The average molecular weight is 566 g/mol. The molecule has 5 N–H and O–H groups in total. The third-order valence-electron chi connectivity index (χ3n) is 7.75. The molecule has 0 radical (unpaired) electrons. The molecule has 8 heteroatoms. The Balaban J connectivity index is 1.54. The number of aliphatic carboxylic acids is 1. The third kappa shape index (κ3) is 8.84. The third-order valence-corrected chi connectivity index (χ3v) is 7.75. The summed E-state index contributed by atoms with van der Waals surface area (Å²) in [7, 11) is 0. The monoisotopic (exact) mass is 565 g/mol. The van der Waals surface area contributed by atoms with Gasteiger partial charge in [-0.05, 0) is 74.3 Å². The smallest absolute Gasteiger partial charge is 0.335 e. The molecule has 222 valence electrons. The summed E-state index contributed by atoms with van der Waals surface area (Å²) >= 11 is 0. The Labute approximate surface area is 242 Å². The second kappa shape index (κ2) is 14.0. The van der Waals surface area contributed by atoms with Gasteiger partial charge >= 0.3 is 5.97 Å². The molecule has 1 aromatic rings. The van der Waals surface area contributed by atoms with E-state index in [2.05, 4.69) is 45.2 Å². The van der Waals surface area contributed by atoms with E-state index in [-0.39, 0.29) is 17.7 Å². The number of anilines is 1. The van der Waals surface area contributed by atoms with Gasteiger partial charge in [0.25, 0.3) is 0 Å². The zero-order valence-corrected chi connectivity index (χ0v) is 24.5. The zero-order valence-electron chi connectivity index (χ0n) is 24.5. The molecule has 8 nitrogen and oxygen atoms in total. The van der Waals surface area contributed by atoms with E-state index in [0.29, 0.717) is 11.3 Å². The van der Waals surface area contributed by atoms with Crippen LogP contribution in [0.25, 0.3) is 0 Å². The number of amides is 1. The number of hydrogen-bond acceptors (Lipinski definition) is 6. The van der Waals surface area contributed by atoms with Gasteiger partial charge in [-0.25, -0.2) is 4.79 Å². The van der Waals surface area contributed by atoms with Crippen LogP contribution < -0.4 is 5.32 Å². The van der Waals surface area contributed by atoms with Gasteiger partial charge in [-0.2, -0.15) is 0 Å². The van der Waals surface area contributed by atoms with E-state index in [1.807, 2.05) is 25.2 Å². The van der Waals surface area contributed by atoms with E-state index in [9.17, 15) is 30.0 Å². The molecule has 1 fully saturated rings. The summed E-state index contributed by atoms with van der Waals surface area (Å²) in [5.74, 6) is -1.70. The minimum atomic E-state index is -1.72. The van der Waals surface area contributed by atoms with Crippen molar-refractivity contribution in [2.24, 2.45) is 5.41 Å². The number of aliphatic hydroxyl groups is 3. The topological polar surface area (TPSA) is 136 Å². The molecule has 3 rings (SSSR count). The standard InChI is InChI=1S/C33H43NO7/c1-20(11-16-25-22(3)10-7-17-33(25,4)5)8-6-9-21(2)18-27(35)34-24-14-12-23(13-15-24)19-26-28(36)29(37)30(38)31(41-26)32(39)40/h6,8-9,11-16,18,26,28-31,36-38H,7,10,17,19H2,1-5H3,(H,34,35)(H,39,40)/b9-6+,16-11+,20-8+,21-18+. The van der Waals surface area contributed by atoms with Crippen molar-refractivity contribution < 1.29 is 34.8 Å². The minimum Gasteiger partial charge on any atom is -0.479 e. The predicted molar refractivity (Wildman–Crippen MR) is 159 cm³/mol. The van der Waals surface area contributed by atoms with Gasteiger partial charge in [0.15, 0.2) is 6.10 Å². The van der Waals surface area contributed by atoms with Crippen molar-refractivity contribution in [3.63, 3.8) is 0 Å². The number of carboxylic acid groups (broad SMARTS) is 1. The summed E-state index contributed by atoms with van der Waals surface area (Å²) in [4.78, 5) is 23.8. The van der Waals surface area contributed by atoms with Crippen LogP contribution in [0.1, 0.15) is 59.4 Å². The van der Waals surface area contributed by atoms with Crippen LogP contribution in [0.2, 0.25) is 0 Å². The lowest BCUT2D eigenvalue weighted by molar-refractivity contribution is -0.227. The van der Waals surface area contributed by atoms with Gasteiger partial charge in [0.1, 0.15) is 18.3 Å². The fourth-order valence-electron chi connectivity index (χ4n) is 5.35. The molecule has 0 spiro atoms. The van der Waals surface area contributed by atoms with E-state index in [1.165, 1.54) is 30.1 Å². The Bertz CT molecular complexity index is 1250. The predicted octanol–water partition coefficient (Wildman–Crippen LogP) is 4.63. The van der Waals surface area contributed by atoms with Gasteiger partial charge in [0.05, 0.1) is 6.10 Å². The lowest BCUT2D eigenvalue weighted by atomic mass is 9.72. The van der Waals surface area contributed by atoms with Crippen molar-refractivity contribution in [2.45, 2.75) is 90.8 Å². The van der Waals surface area contributed by atoms with Crippen LogP contribution in [0.5, 0.6) is 0 Å². The van der Waals surface area contributed by atoms with Crippen LogP contribution >= 0.6 is 0 Å². The first-order valence-corrected chi connectivity index (χ1v) is 14.0. The van der Waals surface area contributed by atoms with Crippen LogP contribution in [-0.4, -0.2) is 62.8 Å². The number of nitrogens with one attached hydrogen (secondary N) is 1. The maximum absolute atomic E-state index is 12.5. The molecule has 1 aromatic carbocycles. The first-order valence-electron chi connectivity index (χ1n) is 14.0. The number of ether oxygens (including phenoxy) is 1. The highest BCUT2D eigenvalue weighted by Crippen LogP contribution is 2.40. The minimum absolute atomic E-state index is 0.115. The highest BCUT2D eigenvalue weighted by Gasteiger charge is 2.46. The van der Waals surface area contributed by atoms with Gasteiger partial charge in [0, 0.05) is 18.2 Å². The lowest BCUT2D eigenvalue weighted by Gasteiger charge is -2.39. The first-order chi connectivity index (χ1) is 19.3. The first kappa shape index (κ1) is 32.2. The van der Waals surface area contributed by atoms with E-state index in [1.54, 1.807) is 24.3 Å². The molecule has 1 amide bonds. The van der Waals surface area contributed by atoms with E-state index < -0.39 is 36.5 Å². The van der Waals surface area contributed by atoms with Crippen molar-refractivity contribution in [1.82, 2.24) is 0 Å². The Hall–Kier alpha value is -3.30. The zero-order chi connectivity index (χ0) is 30.3. The molecule has 41 heavy (non-hydrogen) atoms. The number of carbonyl (C=O) groups excluding carboxylic acids is 1. The fourth-order valence-corrected chi connectivity index (χ4v) is 5.35. The molecule has 0 bridgehead atoms. The number of benzene rings is 1. The fraction of sp³-hybridized carbons (Fsp3) is 0.455.